The van der Waals surface area contributed by atoms with E-state index in [-0.39, 0.29) is 17.6 Å². The molecule has 0 saturated heterocycles. The van der Waals surface area contributed by atoms with Crippen LogP contribution in [0.1, 0.15) is 29.1 Å². The molecule has 1 amide bonds. The number of nitrogens with zero attached hydrogens (tertiary/aromatic N) is 2. The molecule has 1 N–H and O–H groups in total. The molecule has 0 saturated carbocycles. The van der Waals surface area contributed by atoms with Crippen molar-refractivity contribution < 1.29 is 14.3 Å². The van der Waals surface area contributed by atoms with Crippen LogP contribution in [-0.4, -0.2) is 40.2 Å². The Labute approximate surface area is 156 Å². The highest BCUT2D eigenvalue weighted by Gasteiger charge is 2.16. The molecule has 0 bridgehead atoms. The topological polar surface area (TPSA) is 81.2 Å². The number of amides is 1. The van der Waals surface area contributed by atoms with Crippen molar-refractivity contribution >= 4 is 63.1 Å². The Bertz CT molecular complexity index is 714. The lowest BCUT2D eigenvalue weighted by atomic mass is 10.3. The largest absolute Gasteiger partial charge is 0.462 e. The minimum atomic E-state index is -0.357. The lowest BCUT2D eigenvalue weighted by Gasteiger charge is -2.00. The van der Waals surface area contributed by atoms with Crippen molar-refractivity contribution in [2.45, 2.75) is 29.5 Å². The van der Waals surface area contributed by atoms with Crippen LogP contribution in [0.25, 0.3) is 0 Å². The van der Waals surface area contributed by atoms with Crippen LogP contribution in [0.2, 0.25) is 0 Å². The molecular weight excluding hydrogens is 386 g/mol. The first-order valence-corrected chi connectivity index (χ1v) is 10.8. The maximum atomic E-state index is 12.0. The number of carbonyl (C=O) groups excluding carboxylic acids is 2. The summed E-state index contributed by atoms with van der Waals surface area (Å²) in [5.74, 6) is 0.693. The number of hydrogen-bond acceptors (Lipinski definition) is 9. The fraction of sp³-hybridized carbons (Fsp3) is 0.429. The van der Waals surface area contributed by atoms with Gasteiger partial charge in [0.25, 0.3) is 0 Å². The van der Waals surface area contributed by atoms with Crippen LogP contribution < -0.4 is 5.32 Å². The number of carbonyl (C=O) groups is 2. The van der Waals surface area contributed by atoms with Crippen molar-refractivity contribution in [3.63, 3.8) is 0 Å². The van der Waals surface area contributed by atoms with Gasteiger partial charge in [-0.05, 0) is 31.2 Å². The summed E-state index contributed by atoms with van der Waals surface area (Å²) in [6.07, 6.45) is 0. The molecule has 10 heteroatoms. The molecule has 2 aromatic rings. The molecule has 2 heterocycles. The third-order valence-corrected chi connectivity index (χ3v) is 6.83. The number of rotatable bonds is 8. The van der Waals surface area contributed by atoms with E-state index in [1.165, 1.54) is 34.4 Å². The van der Waals surface area contributed by atoms with Gasteiger partial charge in [-0.1, -0.05) is 41.8 Å². The standard InChI is InChI=1S/C14H17N3O3S4/c1-4-20-12(19)11-8(3)6-10(23-11)15-9(18)7-22-14-17-16-13(24-14)21-5-2/h6H,4-5,7H2,1-3H3,(H,15,18). The zero-order valence-electron chi connectivity index (χ0n) is 13.5. The number of hydrogen-bond donors (Lipinski definition) is 1. The number of nitrogens with one attached hydrogen (secondary N) is 1. The molecule has 0 aliphatic heterocycles. The first kappa shape index (κ1) is 19.2. The molecular formula is C14H17N3O3S4. The summed E-state index contributed by atoms with van der Waals surface area (Å²) in [5, 5.41) is 11.5. The van der Waals surface area contributed by atoms with E-state index in [2.05, 4.69) is 22.4 Å². The molecule has 24 heavy (non-hydrogen) atoms. The predicted octanol–water partition coefficient (Wildman–Crippen LogP) is 3.93. The third kappa shape index (κ3) is 5.47. The Morgan fingerprint density at radius 2 is 1.92 bits per heavy atom. The molecule has 0 aliphatic rings. The normalized spacial score (nSPS) is 10.6. The Hall–Kier alpha value is -1.10. The van der Waals surface area contributed by atoms with Crippen LogP contribution >= 0.6 is 46.2 Å². The van der Waals surface area contributed by atoms with E-state index < -0.39 is 0 Å². The van der Waals surface area contributed by atoms with Crippen LogP contribution in [0.5, 0.6) is 0 Å². The van der Waals surface area contributed by atoms with E-state index in [0.29, 0.717) is 16.5 Å². The summed E-state index contributed by atoms with van der Waals surface area (Å²) in [6, 6.07) is 1.78. The molecule has 0 aliphatic carbocycles. The summed E-state index contributed by atoms with van der Waals surface area (Å²) < 4.78 is 6.68. The van der Waals surface area contributed by atoms with Crippen molar-refractivity contribution in [2.75, 3.05) is 23.4 Å². The second-order valence-corrected chi connectivity index (χ2v) is 9.21. The summed E-state index contributed by atoms with van der Waals surface area (Å²) in [4.78, 5) is 24.3. The lowest BCUT2D eigenvalue weighted by molar-refractivity contribution is -0.113. The minimum absolute atomic E-state index is 0.142. The van der Waals surface area contributed by atoms with Gasteiger partial charge in [0.15, 0.2) is 8.68 Å². The zero-order chi connectivity index (χ0) is 17.5. The van der Waals surface area contributed by atoms with Crippen molar-refractivity contribution in [1.29, 1.82) is 0 Å². The Morgan fingerprint density at radius 1 is 1.21 bits per heavy atom. The van der Waals surface area contributed by atoms with Crippen molar-refractivity contribution in [2.24, 2.45) is 0 Å². The Morgan fingerprint density at radius 3 is 2.58 bits per heavy atom. The van der Waals surface area contributed by atoms with E-state index in [4.69, 9.17) is 4.74 Å². The van der Waals surface area contributed by atoms with Crippen LogP contribution in [-0.2, 0) is 9.53 Å². The van der Waals surface area contributed by atoms with E-state index in [0.717, 1.165) is 20.0 Å². The number of aryl methyl sites for hydroxylation is 1. The third-order valence-electron chi connectivity index (χ3n) is 2.62. The number of anilines is 1. The second-order valence-electron chi connectivity index (χ2n) is 4.45. The first-order chi connectivity index (χ1) is 11.5. The maximum Gasteiger partial charge on any atom is 0.348 e. The minimum Gasteiger partial charge on any atom is -0.462 e. The Balaban J connectivity index is 1.87. The van der Waals surface area contributed by atoms with E-state index in [1.54, 1.807) is 24.8 Å². The van der Waals surface area contributed by atoms with Crippen molar-refractivity contribution in [3.05, 3.63) is 16.5 Å². The predicted molar refractivity (Wildman–Crippen MR) is 101 cm³/mol. The fourth-order valence-electron chi connectivity index (χ4n) is 1.68. The summed E-state index contributed by atoms with van der Waals surface area (Å²) in [7, 11) is 0. The van der Waals surface area contributed by atoms with E-state index >= 15 is 0 Å². The van der Waals surface area contributed by atoms with Gasteiger partial charge in [-0.2, -0.15) is 0 Å². The highest BCUT2D eigenvalue weighted by molar-refractivity contribution is 8.03. The number of thiophene rings is 1. The van der Waals surface area contributed by atoms with Crippen LogP contribution in [0.3, 0.4) is 0 Å². The monoisotopic (exact) mass is 403 g/mol. The average Bonchev–Trinajstić information content (AvgIpc) is 3.12. The van der Waals surface area contributed by atoms with E-state index in [1.807, 2.05) is 6.92 Å². The van der Waals surface area contributed by atoms with Gasteiger partial charge in [0, 0.05) is 0 Å². The van der Waals surface area contributed by atoms with Crippen molar-refractivity contribution in [3.8, 4) is 0 Å². The van der Waals surface area contributed by atoms with Gasteiger partial charge in [-0.15, -0.1) is 21.5 Å². The molecule has 0 atom stereocenters. The lowest BCUT2D eigenvalue weighted by Crippen LogP contribution is -2.12. The molecule has 2 aromatic heterocycles. The molecule has 0 unspecified atom stereocenters. The number of aromatic nitrogens is 2. The Kier molecular flexibility index (Phi) is 7.53. The van der Waals surface area contributed by atoms with Gasteiger partial charge in [0.2, 0.25) is 5.91 Å². The highest BCUT2D eigenvalue weighted by Crippen LogP contribution is 2.30. The van der Waals surface area contributed by atoms with Crippen LogP contribution in [0.4, 0.5) is 5.00 Å². The smallest absolute Gasteiger partial charge is 0.348 e. The molecule has 6 nitrogen and oxygen atoms in total. The van der Waals surface area contributed by atoms with E-state index in [9.17, 15) is 9.59 Å². The van der Waals surface area contributed by atoms with Gasteiger partial charge in [0.1, 0.15) is 4.88 Å². The van der Waals surface area contributed by atoms with Crippen LogP contribution in [0.15, 0.2) is 14.7 Å². The van der Waals surface area contributed by atoms with Gasteiger partial charge in [-0.25, -0.2) is 4.79 Å². The molecule has 0 radical (unpaired) electrons. The van der Waals surface area contributed by atoms with Gasteiger partial charge in [-0.3, -0.25) is 4.79 Å². The fourth-order valence-corrected chi connectivity index (χ4v) is 5.38. The molecule has 0 fully saturated rings. The molecule has 0 aromatic carbocycles. The molecule has 2 rings (SSSR count). The number of esters is 1. The average molecular weight is 404 g/mol. The second kappa shape index (κ2) is 9.40. The summed E-state index contributed by atoms with van der Waals surface area (Å²) in [6.45, 7) is 5.97. The van der Waals surface area contributed by atoms with Crippen molar-refractivity contribution in [1.82, 2.24) is 10.2 Å². The highest BCUT2D eigenvalue weighted by atomic mass is 32.2. The summed E-state index contributed by atoms with van der Waals surface area (Å²) in [5.41, 5.74) is 0.798. The van der Waals surface area contributed by atoms with Gasteiger partial charge < -0.3 is 10.1 Å². The number of thioether (sulfide) groups is 2. The summed E-state index contributed by atoms with van der Waals surface area (Å²) >= 11 is 5.70. The SMILES string of the molecule is CCOC(=O)c1sc(NC(=O)CSc2nnc(SCC)s2)cc1C. The van der Waals surface area contributed by atoms with Crippen LogP contribution in [0, 0.1) is 6.92 Å². The number of ether oxygens (including phenoxy) is 1. The quantitative estimate of drug-likeness (QED) is 0.528. The van der Waals surface area contributed by atoms with Gasteiger partial charge in [0.05, 0.1) is 17.4 Å². The van der Waals surface area contributed by atoms with Gasteiger partial charge >= 0.3 is 5.97 Å². The maximum absolute atomic E-state index is 12.0. The first-order valence-electron chi connectivity index (χ1n) is 7.20. The zero-order valence-corrected chi connectivity index (χ0v) is 16.7. The molecule has 130 valence electrons. The molecule has 0 spiro atoms.